The number of aromatic nitrogens is 6. The van der Waals surface area contributed by atoms with E-state index in [0.717, 1.165) is 16.6 Å². The summed E-state index contributed by atoms with van der Waals surface area (Å²) in [4.78, 5) is 13.1. The van der Waals surface area contributed by atoms with Crippen molar-refractivity contribution in [2.75, 3.05) is 0 Å². The molecule has 0 aliphatic heterocycles. The highest BCUT2D eigenvalue weighted by Crippen LogP contribution is 2.36. The lowest BCUT2D eigenvalue weighted by molar-refractivity contribution is 0.127. The summed E-state index contributed by atoms with van der Waals surface area (Å²) in [5.41, 5.74) is 15.1. The number of nitrogens with zero attached hydrogens (tertiary/aromatic N) is 6. The molecule has 1 aliphatic rings. The molecular formula is C19H20F2N8. The number of aryl methyl sites for hydroxylation is 1. The predicted molar refractivity (Wildman–Crippen MR) is 103 cm³/mol. The summed E-state index contributed by atoms with van der Waals surface area (Å²) in [5.74, 6) is 1.07. The number of hydrogen-bond acceptors (Lipinski definition) is 6. The van der Waals surface area contributed by atoms with Gasteiger partial charge in [0, 0.05) is 29.6 Å². The largest absolute Gasteiger partial charge is 0.328 e. The minimum Gasteiger partial charge on any atom is -0.328 e. The second-order valence-electron chi connectivity index (χ2n) is 7.69. The van der Waals surface area contributed by atoms with Gasteiger partial charge in [-0.2, -0.15) is 5.10 Å². The Morgan fingerprint density at radius 2 is 2.03 bits per heavy atom. The number of imidazole rings is 1. The van der Waals surface area contributed by atoms with Crippen molar-refractivity contribution in [3.8, 4) is 11.1 Å². The lowest BCUT2D eigenvalue weighted by Gasteiger charge is -2.41. The summed E-state index contributed by atoms with van der Waals surface area (Å²) in [7, 11) is 0. The molecule has 4 aromatic heterocycles. The number of nitrogens with two attached hydrogens (primary N) is 2. The monoisotopic (exact) mass is 398 g/mol. The van der Waals surface area contributed by atoms with Gasteiger partial charge in [0.1, 0.15) is 5.82 Å². The van der Waals surface area contributed by atoms with E-state index in [0.29, 0.717) is 35.7 Å². The third-order valence-electron chi connectivity index (χ3n) is 5.54. The van der Waals surface area contributed by atoms with Crippen LogP contribution in [-0.4, -0.2) is 41.6 Å². The van der Waals surface area contributed by atoms with E-state index >= 15 is 0 Å². The molecule has 0 spiro atoms. The zero-order valence-electron chi connectivity index (χ0n) is 15.8. The fourth-order valence-corrected chi connectivity index (χ4v) is 4.07. The molecule has 5 rings (SSSR count). The van der Waals surface area contributed by atoms with E-state index in [1.165, 1.54) is 4.57 Å². The van der Waals surface area contributed by atoms with Crippen molar-refractivity contribution in [1.29, 1.82) is 0 Å². The Balaban J connectivity index is 1.57. The maximum Gasteiger partial charge on any atom is 0.256 e. The van der Waals surface area contributed by atoms with Crippen LogP contribution in [0.1, 0.15) is 24.5 Å². The highest BCUT2D eigenvalue weighted by atomic mass is 19.3. The van der Waals surface area contributed by atoms with Gasteiger partial charge in [-0.25, -0.2) is 28.2 Å². The second-order valence-corrected chi connectivity index (χ2v) is 7.69. The molecule has 4 aromatic rings. The first-order chi connectivity index (χ1) is 13.8. The lowest BCUT2D eigenvalue weighted by Crippen LogP contribution is -2.56. The number of rotatable bonds is 4. The Labute approximate surface area is 164 Å². The molecule has 29 heavy (non-hydrogen) atoms. The second kappa shape index (κ2) is 6.26. The maximum absolute atomic E-state index is 13.0. The van der Waals surface area contributed by atoms with E-state index in [4.69, 9.17) is 11.5 Å². The van der Waals surface area contributed by atoms with E-state index in [9.17, 15) is 8.78 Å². The molecule has 0 aromatic carbocycles. The molecule has 0 saturated heterocycles. The molecule has 1 aliphatic carbocycles. The van der Waals surface area contributed by atoms with Gasteiger partial charge in [-0.3, -0.25) is 0 Å². The third kappa shape index (κ3) is 2.87. The predicted octanol–water partition coefficient (Wildman–Crippen LogP) is 1.99. The Hall–Kier alpha value is -2.98. The van der Waals surface area contributed by atoms with Crippen molar-refractivity contribution in [2.45, 2.75) is 44.3 Å². The fraction of sp³-hybridized carbons (Fsp3) is 0.368. The van der Waals surface area contributed by atoms with Crippen molar-refractivity contribution in [3.63, 3.8) is 0 Å². The van der Waals surface area contributed by atoms with Gasteiger partial charge in [0.25, 0.3) is 6.43 Å². The summed E-state index contributed by atoms with van der Waals surface area (Å²) in [6, 6.07) is 3.80. The summed E-state index contributed by atoms with van der Waals surface area (Å²) >= 11 is 0. The van der Waals surface area contributed by atoms with Gasteiger partial charge in [0.2, 0.25) is 0 Å². The van der Waals surface area contributed by atoms with Crippen LogP contribution >= 0.6 is 0 Å². The summed E-state index contributed by atoms with van der Waals surface area (Å²) in [5, 5.41) is 4.56. The van der Waals surface area contributed by atoms with E-state index in [1.807, 2.05) is 18.3 Å². The Morgan fingerprint density at radius 3 is 2.76 bits per heavy atom. The van der Waals surface area contributed by atoms with Gasteiger partial charge in [-0.15, -0.1) is 0 Å². The van der Waals surface area contributed by atoms with Crippen LogP contribution in [0, 0.1) is 6.92 Å². The summed E-state index contributed by atoms with van der Waals surface area (Å²) < 4.78 is 29.2. The molecular weight excluding hydrogens is 378 g/mol. The van der Waals surface area contributed by atoms with Crippen molar-refractivity contribution >= 4 is 16.7 Å². The molecule has 150 valence electrons. The topological polar surface area (TPSA) is 113 Å². The van der Waals surface area contributed by atoms with Crippen molar-refractivity contribution in [2.24, 2.45) is 11.5 Å². The average molecular weight is 398 g/mol. The summed E-state index contributed by atoms with van der Waals surface area (Å²) in [6.07, 6.45) is 4.06. The molecule has 4 N–H and O–H groups in total. The minimum absolute atomic E-state index is 0.0823. The van der Waals surface area contributed by atoms with Crippen molar-refractivity contribution in [3.05, 3.63) is 42.4 Å². The number of pyridine rings is 1. The van der Waals surface area contributed by atoms with Gasteiger partial charge < -0.3 is 16.0 Å². The van der Waals surface area contributed by atoms with E-state index < -0.39 is 18.5 Å². The molecule has 0 bridgehead atoms. The molecule has 4 heterocycles. The first kappa shape index (κ1) is 18.1. The van der Waals surface area contributed by atoms with Crippen LogP contribution in [0.2, 0.25) is 0 Å². The maximum atomic E-state index is 13.0. The molecule has 0 amide bonds. The Morgan fingerprint density at radius 1 is 1.24 bits per heavy atom. The van der Waals surface area contributed by atoms with E-state index in [-0.39, 0.29) is 6.04 Å². The third-order valence-corrected chi connectivity index (χ3v) is 5.54. The first-order valence-corrected chi connectivity index (χ1v) is 9.35. The van der Waals surface area contributed by atoms with Gasteiger partial charge in [-0.05, 0) is 31.9 Å². The summed E-state index contributed by atoms with van der Waals surface area (Å²) in [6.45, 7) is 1.28. The Bertz CT molecular complexity index is 1220. The smallest absolute Gasteiger partial charge is 0.256 e. The van der Waals surface area contributed by atoms with Gasteiger partial charge >= 0.3 is 0 Å². The normalized spacial score (nSPS) is 21.9. The van der Waals surface area contributed by atoms with E-state index in [2.05, 4.69) is 20.1 Å². The van der Waals surface area contributed by atoms with Crippen LogP contribution in [0.5, 0.6) is 0 Å². The highest BCUT2D eigenvalue weighted by Gasteiger charge is 2.43. The van der Waals surface area contributed by atoms with Crippen LogP contribution in [-0.2, 0) is 12.1 Å². The van der Waals surface area contributed by atoms with Crippen LogP contribution < -0.4 is 11.5 Å². The molecule has 8 nitrogen and oxygen atoms in total. The number of alkyl halides is 2. The number of halogens is 2. The van der Waals surface area contributed by atoms with Gasteiger partial charge in [0.15, 0.2) is 11.5 Å². The molecule has 0 atom stereocenters. The zero-order chi connectivity index (χ0) is 20.3. The van der Waals surface area contributed by atoms with Gasteiger partial charge in [-0.1, -0.05) is 0 Å². The van der Waals surface area contributed by atoms with Crippen LogP contribution in [0.4, 0.5) is 8.78 Å². The van der Waals surface area contributed by atoms with Crippen LogP contribution in [0.3, 0.4) is 0 Å². The van der Waals surface area contributed by atoms with E-state index in [1.54, 1.807) is 23.8 Å². The highest BCUT2D eigenvalue weighted by molar-refractivity contribution is 5.85. The fourth-order valence-electron chi connectivity index (χ4n) is 4.07. The molecule has 1 saturated carbocycles. The average Bonchev–Trinajstić information content (AvgIpc) is 3.20. The van der Waals surface area contributed by atoms with Crippen molar-refractivity contribution < 1.29 is 8.78 Å². The lowest BCUT2D eigenvalue weighted by atomic mass is 9.73. The Kier molecular flexibility index (Phi) is 3.90. The number of hydrogen-bond donors (Lipinski definition) is 2. The van der Waals surface area contributed by atoms with Crippen molar-refractivity contribution in [1.82, 2.24) is 29.1 Å². The molecule has 10 heteroatoms. The SMILES string of the molecule is Cc1nc2ncc(-c3ccn4nc(C5(N)CC(N)C5)ncc34)cc2n1CC(F)F. The minimum atomic E-state index is -2.47. The molecule has 1 fully saturated rings. The van der Waals surface area contributed by atoms with Gasteiger partial charge in [0.05, 0.1) is 29.3 Å². The number of fused-ring (bicyclic) bond motifs is 2. The van der Waals surface area contributed by atoms with Crippen LogP contribution in [0.15, 0.2) is 30.7 Å². The molecule has 0 radical (unpaired) electrons. The quantitative estimate of drug-likeness (QED) is 0.544. The van der Waals surface area contributed by atoms with Crippen LogP contribution in [0.25, 0.3) is 27.8 Å². The zero-order valence-corrected chi connectivity index (χ0v) is 15.8. The first-order valence-electron chi connectivity index (χ1n) is 9.35. The standard InChI is InChI=1S/C19H20F2N8/c1-10-26-17-14(28(10)9-16(20)21)4-11(7-24-17)13-2-3-29-15(13)8-25-18(27-29)19(23)5-12(22)6-19/h2-4,7-8,12,16H,5-6,9,22-23H2,1H3. The molecule has 0 unspecified atom stereocenters.